The lowest BCUT2D eigenvalue weighted by Crippen LogP contribution is -1.96. The van der Waals surface area contributed by atoms with Gasteiger partial charge in [0.05, 0.1) is 0 Å². The molecule has 0 fully saturated rings. The third-order valence-electron chi connectivity index (χ3n) is 3.60. The van der Waals surface area contributed by atoms with E-state index in [0.29, 0.717) is 5.92 Å². The Morgan fingerprint density at radius 1 is 1.05 bits per heavy atom. The van der Waals surface area contributed by atoms with Crippen LogP contribution in [0.5, 0.6) is 0 Å². The molecule has 0 amide bonds. The third kappa shape index (κ3) is 3.67. The summed E-state index contributed by atoms with van der Waals surface area (Å²) >= 11 is 0. The van der Waals surface area contributed by atoms with E-state index >= 15 is 0 Å². The van der Waals surface area contributed by atoms with Gasteiger partial charge in [-0.1, -0.05) is 74.5 Å². The molecule has 0 aliphatic heterocycles. The first kappa shape index (κ1) is 14.3. The van der Waals surface area contributed by atoms with Gasteiger partial charge in [0.2, 0.25) is 0 Å². The highest BCUT2D eigenvalue weighted by Crippen LogP contribution is 2.19. The monoisotopic (exact) mass is 264 g/mol. The Kier molecular flexibility index (Phi) is 4.89. The average molecular weight is 264 g/mol. The normalized spacial score (nSPS) is 12.5. The fraction of sp³-hybridized carbons (Fsp3) is 0.211. The molecule has 0 N–H and O–H groups in total. The molecule has 1 atom stereocenters. The maximum absolute atomic E-state index is 12.1. The largest absolute Gasteiger partial charge is 0.289 e. The van der Waals surface area contributed by atoms with Crippen molar-refractivity contribution in [2.75, 3.05) is 0 Å². The van der Waals surface area contributed by atoms with Crippen LogP contribution in [0, 0.1) is 0 Å². The Labute approximate surface area is 121 Å². The summed E-state index contributed by atoms with van der Waals surface area (Å²) in [4.78, 5) is 12.1. The molecule has 0 aliphatic rings. The molecule has 0 aromatic heterocycles. The molecule has 1 nitrogen and oxygen atoms in total. The molecule has 2 rings (SSSR count). The van der Waals surface area contributed by atoms with Crippen LogP contribution in [0.1, 0.15) is 47.7 Å². The van der Waals surface area contributed by atoms with Crippen LogP contribution in [0.2, 0.25) is 0 Å². The molecule has 0 radical (unpaired) electrons. The average Bonchev–Trinajstić information content (AvgIpc) is 2.53. The highest BCUT2D eigenvalue weighted by atomic mass is 16.1. The lowest BCUT2D eigenvalue weighted by Gasteiger charge is -2.08. The molecule has 0 saturated heterocycles. The van der Waals surface area contributed by atoms with Gasteiger partial charge in [-0.3, -0.25) is 4.79 Å². The van der Waals surface area contributed by atoms with E-state index in [1.165, 1.54) is 5.56 Å². The van der Waals surface area contributed by atoms with Gasteiger partial charge in [-0.2, -0.15) is 0 Å². The Bertz CT molecular complexity index is 579. The molecular formula is C19H20O. The lowest BCUT2D eigenvalue weighted by atomic mass is 9.97. The summed E-state index contributed by atoms with van der Waals surface area (Å²) in [5.41, 5.74) is 3.07. The van der Waals surface area contributed by atoms with Crippen molar-refractivity contribution in [3.8, 4) is 0 Å². The van der Waals surface area contributed by atoms with Crippen molar-refractivity contribution in [2.45, 2.75) is 26.2 Å². The summed E-state index contributed by atoms with van der Waals surface area (Å²) in [5, 5.41) is 0. The first-order chi connectivity index (χ1) is 9.70. The van der Waals surface area contributed by atoms with Crippen LogP contribution in [-0.4, -0.2) is 5.78 Å². The second kappa shape index (κ2) is 6.85. The molecule has 1 unspecified atom stereocenters. The van der Waals surface area contributed by atoms with Gasteiger partial charge in [0.25, 0.3) is 0 Å². The number of benzene rings is 2. The number of rotatable bonds is 5. The summed E-state index contributed by atoms with van der Waals surface area (Å²) in [6.07, 6.45) is 4.60. The Balaban J connectivity index is 2.08. The third-order valence-corrected chi connectivity index (χ3v) is 3.60. The van der Waals surface area contributed by atoms with E-state index in [1.807, 2.05) is 48.5 Å². The second-order valence-corrected chi connectivity index (χ2v) is 5.04. The molecule has 0 saturated carbocycles. The number of hydrogen-bond acceptors (Lipinski definition) is 1. The molecule has 0 spiro atoms. The Morgan fingerprint density at radius 3 is 2.30 bits per heavy atom. The van der Waals surface area contributed by atoms with Crippen LogP contribution in [0.3, 0.4) is 0 Å². The van der Waals surface area contributed by atoms with Gasteiger partial charge in [-0.05, 0) is 29.5 Å². The van der Waals surface area contributed by atoms with Crippen LogP contribution < -0.4 is 0 Å². The van der Waals surface area contributed by atoms with E-state index < -0.39 is 0 Å². The molecule has 2 aromatic rings. The summed E-state index contributed by atoms with van der Waals surface area (Å²) in [6, 6.07) is 17.8. The first-order valence-corrected chi connectivity index (χ1v) is 7.08. The van der Waals surface area contributed by atoms with Crippen molar-refractivity contribution in [1.82, 2.24) is 0 Å². The fourth-order valence-electron chi connectivity index (χ4n) is 2.04. The van der Waals surface area contributed by atoms with Crippen LogP contribution in [-0.2, 0) is 0 Å². The highest BCUT2D eigenvalue weighted by Gasteiger charge is 2.05. The first-order valence-electron chi connectivity index (χ1n) is 7.08. The molecule has 102 valence electrons. The summed E-state index contributed by atoms with van der Waals surface area (Å²) < 4.78 is 0. The van der Waals surface area contributed by atoms with E-state index in [1.54, 1.807) is 6.08 Å². The SMILES string of the molecule is CCC(C)c1ccc(C(=O)/C=C/c2ccccc2)cc1. The summed E-state index contributed by atoms with van der Waals surface area (Å²) in [5.74, 6) is 0.587. The van der Waals surface area contributed by atoms with E-state index in [0.717, 1.165) is 17.5 Å². The Morgan fingerprint density at radius 2 is 1.70 bits per heavy atom. The van der Waals surface area contributed by atoms with Gasteiger partial charge in [-0.15, -0.1) is 0 Å². The molecule has 1 heteroatoms. The zero-order valence-electron chi connectivity index (χ0n) is 12.0. The minimum atomic E-state index is 0.0459. The van der Waals surface area contributed by atoms with E-state index in [2.05, 4.69) is 26.0 Å². The molecule has 0 bridgehead atoms. The van der Waals surface area contributed by atoms with Gasteiger partial charge in [0.1, 0.15) is 0 Å². The topological polar surface area (TPSA) is 17.1 Å². The van der Waals surface area contributed by atoms with Crippen LogP contribution in [0.4, 0.5) is 0 Å². The minimum Gasteiger partial charge on any atom is -0.289 e. The van der Waals surface area contributed by atoms with Gasteiger partial charge >= 0.3 is 0 Å². The number of allylic oxidation sites excluding steroid dienone is 1. The van der Waals surface area contributed by atoms with Gasteiger partial charge < -0.3 is 0 Å². The van der Waals surface area contributed by atoms with Crippen LogP contribution >= 0.6 is 0 Å². The van der Waals surface area contributed by atoms with E-state index in [-0.39, 0.29) is 5.78 Å². The molecule has 2 aromatic carbocycles. The second-order valence-electron chi connectivity index (χ2n) is 5.04. The summed E-state index contributed by atoms with van der Waals surface area (Å²) in [6.45, 7) is 4.37. The molecule has 20 heavy (non-hydrogen) atoms. The molecule has 0 aliphatic carbocycles. The van der Waals surface area contributed by atoms with Crippen molar-refractivity contribution < 1.29 is 4.79 Å². The van der Waals surface area contributed by atoms with E-state index in [4.69, 9.17) is 0 Å². The maximum Gasteiger partial charge on any atom is 0.185 e. The minimum absolute atomic E-state index is 0.0459. The van der Waals surface area contributed by atoms with Crippen LogP contribution in [0.15, 0.2) is 60.7 Å². The lowest BCUT2D eigenvalue weighted by molar-refractivity contribution is 0.104. The van der Waals surface area contributed by atoms with Crippen molar-refractivity contribution >= 4 is 11.9 Å². The van der Waals surface area contributed by atoms with Crippen molar-refractivity contribution in [3.05, 3.63) is 77.4 Å². The number of hydrogen-bond donors (Lipinski definition) is 0. The molecule has 0 heterocycles. The Hall–Kier alpha value is -2.15. The van der Waals surface area contributed by atoms with Crippen LogP contribution in [0.25, 0.3) is 6.08 Å². The smallest absolute Gasteiger partial charge is 0.185 e. The van der Waals surface area contributed by atoms with Gasteiger partial charge in [0.15, 0.2) is 5.78 Å². The van der Waals surface area contributed by atoms with Crippen molar-refractivity contribution in [2.24, 2.45) is 0 Å². The maximum atomic E-state index is 12.1. The van der Waals surface area contributed by atoms with Gasteiger partial charge in [-0.25, -0.2) is 0 Å². The standard InChI is InChI=1S/C19H20O/c1-3-15(2)17-10-12-18(13-11-17)19(20)14-9-16-7-5-4-6-8-16/h4-15H,3H2,1-2H3/b14-9+. The quantitative estimate of drug-likeness (QED) is 0.542. The molecular weight excluding hydrogens is 244 g/mol. The summed E-state index contributed by atoms with van der Waals surface area (Å²) in [7, 11) is 0. The van der Waals surface area contributed by atoms with Gasteiger partial charge in [0, 0.05) is 5.56 Å². The highest BCUT2D eigenvalue weighted by molar-refractivity contribution is 6.06. The number of carbonyl (C=O) groups is 1. The zero-order chi connectivity index (χ0) is 14.4. The number of ketones is 1. The van der Waals surface area contributed by atoms with E-state index in [9.17, 15) is 4.79 Å². The predicted molar refractivity (Wildman–Crippen MR) is 85.0 cm³/mol. The van der Waals surface area contributed by atoms with Crippen molar-refractivity contribution in [1.29, 1.82) is 0 Å². The zero-order valence-corrected chi connectivity index (χ0v) is 12.0. The predicted octanol–water partition coefficient (Wildman–Crippen LogP) is 5.10. The van der Waals surface area contributed by atoms with Crippen molar-refractivity contribution in [3.63, 3.8) is 0 Å². The fourth-order valence-corrected chi connectivity index (χ4v) is 2.04. The number of carbonyl (C=O) groups excluding carboxylic acids is 1.